The number of nitrogens with one attached hydrogen (secondary N) is 1. The zero-order valence-corrected chi connectivity index (χ0v) is 26.8. The molecule has 0 saturated carbocycles. The number of benzene rings is 4. The summed E-state index contributed by atoms with van der Waals surface area (Å²) < 4.78 is 29.4. The number of aryl methyl sites for hydroxylation is 3. The van der Waals surface area contributed by atoms with Gasteiger partial charge in [-0.2, -0.15) is 0 Å². The van der Waals surface area contributed by atoms with E-state index in [-0.39, 0.29) is 29.8 Å². The second kappa shape index (κ2) is 14.4. The van der Waals surface area contributed by atoms with Gasteiger partial charge in [-0.1, -0.05) is 78.9 Å². The van der Waals surface area contributed by atoms with Crippen molar-refractivity contribution in [2.45, 2.75) is 64.6 Å². The minimum atomic E-state index is -4.13. The lowest BCUT2D eigenvalue weighted by molar-refractivity contribution is -0.140. The Morgan fingerprint density at radius 1 is 0.750 bits per heavy atom. The highest BCUT2D eigenvalue weighted by Gasteiger charge is 2.35. The molecule has 0 aliphatic rings. The fraction of sp³-hybridized carbons (Fsp3) is 0.278. The highest BCUT2D eigenvalue weighted by atomic mass is 32.2. The molecule has 0 heterocycles. The molecule has 4 aromatic rings. The summed E-state index contributed by atoms with van der Waals surface area (Å²) in [6, 6.07) is 29.7. The average Bonchev–Trinajstić information content (AvgIpc) is 3.00. The fourth-order valence-corrected chi connectivity index (χ4v) is 6.46. The standard InChI is InChI=1S/C36H41N3O4S/c1-26(2)37-36(41)34(23-30-15-8-6-9-16-30)38(24-31-17-13-12-14-28(31)4)35(40)25-39(32-21-20-27(3)29(5)22-32)44(42,43)33-18-10-7-11-19-33/h6-22,26,34H,23-25H2,1-5H3,(H,37,41)/t34-/m1/s1. The molecule has 2 amide bonds. The van der Waals surface area contributed by atoms with Crippen molar-refractivity contribution < 1.29 is 18.0 Å². The molecule has 0 aromatic heterocycles. The molecule has 7 nitrogen and oxygen atoms in total. The molecular formula is C36H41N3O4S. The zero-order valence-electron chi connectivity index (χ0n) is 26.0. The lowest BCUT2D eigenvalue weighted by Crippen LogP contribution is -2.54. The Morgan fingerprint density at radius 2 is 1.36 bits per heavy atom. The maximum atomic E-state index is 14.5. The van der Waals surface area contributed by atoms with Crippen LogP contribution in [0.1, 0.15) is 41.7 Å². The molecule has 0 radical (unpaired) electrons. The van der Waals surface area contributed by atoms with Crippen LogP contribution >= 0.6 is 0 Å². The molecule has 4 rings (SSSR count). The van der Waals surface area contributed by atoms with E-state index < -0.39 is 28.5 Å². The van der Waals surface area contributed by atoms with Gasteiger partial charge in [-0.25, -0.2) is 8.42 Å². The van der Waals surface area contributed by atoms with Crippen molar-refractivity contribution in [3.05, 3.63) is 131 Å². The summed E-state index contributed by atoms with van der Waals surface area (Å²) in [4.78, 5) is 29.9. The predicted molar refractivity (Wildman–Crippen MR) is 176 cm³/mol. The van der Waals surface area contributed by atoms with Gasteiger partial charge in [0.1, 0.15) is 12.6 Å². The molecule has 0 fully saturated rings. The third kappa shape index (κ3) is 7.94. The molecule has 1 N–H and O–H groups in total. The Labute approximate surface area is 261 Å². The maximum Gasteiger partial charge on any atom is 0.264 e. The quantitative estimate of drug-likeness (QED) is 0.214. The minimum Gasteiger partial charge on any atom is -0.352 e. The molecule has 230 valence electrons. The van der Waals surface area contributed by atoms with Gasteiger partial charge in [0.25, 0.3) is 10.0 Å². The first-order valence-corrected chi connectivity index (χ1v) is 16.2. The van der Waals surface area contributed by atoms with Crippen LogP contribution in [0.2, 0.25) is 0 Å². The molecule has 4 aromatic carbocycles. The second-order valence-corrected chi connectivity index (χ2v) is 13.3. The van der Waals surface area contributed by atoms with Crippen LogP contribution in [0.5, 0.6) is 0 Å². The van der Waals surface area contributed by atoms with Crippen LogP contribution in [-0.4, -0.2) is 43.8 Å². The largest absolute Gasteiger partial charge is 0.352 e. The number of rotatable bonds is 12. The van der Waals surface area contributed by atoms with E-state index in [0.717, 1.165) is 32.1 Å². The zero-order chi connectivity index (χ0) is 31.9. The lowest BCUT2D eigenvalue weighted by Gasteiger charge is -2.34. The Hall–Kier alpha value is -4.43. The topological polar surface area (TPSA) is 86.8 Å². The van der Waals surface area contributed by atoms with Crippen molar-refractivity contribution in [2.24, 2.45) is 0 Å². The van der Waals surface area contributed by atoms with Crippen molar-refractivity contribution >= 4 is 27.5 Å². The number of hydrogen-bond donors (Lipinski definition) is 1. The summed E-state index contributed by atoms with van der Waals surface area (Å²) in [5, 5.41) is 2.99. The van der Waals surface area contributed by atoms with Gasteiger partial charge >= 0.3 is 0 Å². The molecule has 8 heteroatoms. The number of sulfonamides is 1. The summed E-state index contributed by atoms with van der Waals surface area (Å²) in [6.45, 7) is 9.22. The van der Waals surface area contributed by atoms with Crippen LogP contribution in [0.4, 0.5) is 5.69 Å². The van der Waals surface area contributed by atoms with E-state index in [2.05, 4.69) is 5.32 Å². The second-order valence-electron chi connectivity index (χ2n) is 11.4. The summed E-state index contributed by atoms with van der Waals surface area (Å²) in [6.07, 6.45) is 0.270. The van der Waals surface area contributed by atoms with Crippen LogP contribution in [-0.2, 0) is 32.6 Å². The van der Waals surface area contributed by atoms with Crippen molar-refractivity contribution in [3.8, 4) is 0 Å². The molecule has 0 bridgehead atoms. The molecular weight excluding hydrogens is 570 g/mol. The Morgan fingerprint density at radius 3 is 1.98 bits per heavy atom. The van der Waals surface area contributed by atoms with Gasteiger partial charge in [-0.05, 0) is 86.7 Å². The van der Waals surface area contributed by atoms with Crippen LogP contribution in [0.15, 0.2) is 108 Å². The van der Waals surface area contributed by atoms with E-state index >= 15 is 0 Å². The number of anilines is 1. The SMILES string of the molecule is Cc1ccc(N(CC(=O)N(Cc2ccccc2C)[C@H](Cc2ccccc2)C(=O)NC(C)C)S(=O)(=O)c2ccccc2)cc1C. The smallest absolute Gasteiger partial charge is 0.264 e. The van der Waals surface area contributed by atoms with Gasteiger partial charge < -0.3 is 10.2 Å². The highest BCUT2D eigenvalue weighted by molar-refractivity contribution is 7.92. The van der Waals surface area contributed by atoms with Crippen LogP contribution in [0, 0.1) is 20.8 Å². The van der Waals surface area contributed by atoms with Gasteiger partial charge in [-0.3, -0.25) is 13.9 Å². The molecule has 0 aliphatic carbocycles. The Kier molecular flexibility index (Phi) is 10.6. The number of hydrogen-bond acceptors (Lipinski definition) is 4. The van der Waals surface area contributed by atoms with E-state index in [1.165, 1.54) is 17.0 Å². The molecule has 44 heavy (non-hydrogen) atoms. The normalized spacial score (nSPS) is 12.0. The van der Waals surface area contributed by atoms with Crippen LogP contribution in [0.25, 0.3) is 0 Å². The first kappa shape index (κ1) is 32.5. The summed E-state index contributed by atoms with van der Waals surface area (Å²) in [5.41, 5.74) is 5.02. The van der Waals surface area contributed by atoms with Crippen molar-refractivity contribution in [3.63, 3.8) is 0 Å². The van der Waals surface area contributed by atoms with E-state index in [1.807, 2.05) is 95.3 Å². The van der Waals surface area contributed by atoms with Crippen LogP contribution in [0.3, 0.4) is 0 Å². The summed E-state index contributed by atoms with van der Waals surface area (Å²) in [7, 11) is -4.13. The summed E-state index contributed by atoms with van der Waals surface area (Å²) >= 11 is 0. The monoisotopic (exact) mass is 611 g/mol. The molecule has 1 atom stereocenters. The van der Waals surface area contributed by atoms with Crippen LogP contribution < -0.4 is 9.62 Å². The first-order chi connectivity index (χ1) is 21.0. The van der Waals surface area contributed by atoms with Crippen molar-refractivity contribution in [2.75, 3.05) is 10.8 Å². The molecule has 0 unspecified atom stereocenters. The van der Waals surface area contributed by atoms with Gasteiger partial charge in [-0.15, -0.1) is 0 Å². The van der Waals surface area contributed by atoms with Gasteiger partial charge in [0.2, 0.25) is 11.8 Å². The lowest BCUT2D eigenvalue weighted by atomic mass is 10.0. The molecule has 0 saturated heterocycles. The molecule has 0 aliphatic heterocycles. The van der Waals surface area contributed by atoms with E-state index in [9.17, 15) is 18.0 Å². The number of carbonyl (C=O) groups is 2. The highest BCUT2D eigenvalue weighted by Crippen LogP contribution is 2.27. The average molecular weight is 612 g/mol. The number of amides is 2. The molecule has 0 spiro atoms. The number of carbonyl (C=O) groups excluding carboxylic acids is 2. The van der Waals surface area contributed by atoms with Gasteiger partial charge in [0.15, 0.2) is 0 Å². The van der Waals surface area contributed by atoms with Gasteiger partial charge in [0, 0.05) is 19.0 Å². The van der Waals surface area contributed by atoms with Crippen molar-refractivity contribution in [1.29, 1.82) is 0 Å². The van der Waals surface area contributed by atoms with Gasteiger partial charge in [0.05, 0.1) is 10.6 Å². The Bertz CT molecular complexity index is 1690. The van der Waals surface area contributed by atoms with E-state index in [4.69, 9.17) is 0 Å². The Balaban J connectivity index is 1.82. The third-order valence-electron chi connectivity index (χ3n) is 7.69. The van der Waals surface area contributed by atoms with E-state index in [0.29, 0.717) is 5.69 Å². The van der Waals surface area contributed by atoms with E-state index in [1.54, 1.807) is 30.3 Å². The predicted octanol–water partition coefficient (Wildman–Crippen LogP) is 5.97. The third-order valence-corrected chi connectivity index (χ3v) is 9.48. The fourth-order valence-electron chi connectivity index (χ4n) is 5.03. The minimum absolute atomic E-state index is 0.0786. The summed E-state index contributed by atoms with van der Waals surface area (Å²) in [5.74, 6) is -0.778. The maximum absolute atomic E-state index is 14.5. The van der Waals surface area contributed by atoms with Crippen molar-refractivity contribution in [1.82, 2.24) is 10.2 Å². The number of nitrogens with zero attached hydrogens (tertiary/aromatic N) is 2. The first-order valence-electron chi connectivity index (χ1n) is 14.8.